The van der Waals surface area contributed by atoms with Crippen molar-refractivity contribution in [2.24, 2.45) is 16.8 Å². The second kappa shape index (κ2) is 11.2. The van der Waals surface area contributed by atoms with Gasteiger partial charge in [0.05, 0.1) is 6.10 Å². The van der Waals surface area contributed by atoms with Crippen LogP contribution in [-0.4, -0.2) is 55.6 Å². The highest BCUT2D eigenvalue weighted by Gasteiger charge is 2.33. The molecular weight excluding hydrogens is 400 g/mol. The average Bonchev–Trinajstić information content (AvgIpc) is 3.51. The third-order valence-corrected chi connectivity index (χ3v) is 7.22. The lowest BCUT2D eigenvalue weighted by molar-refractivity contribution is -0.134. The van der Waals surface area contributed by atoms with Crippen molar-refractivity contribution in [1.29, 1.82) is 0 Å². The molecule has 2 heterocycles. The normalized spacial score (nSPS) is 27.0. The Morgan fingerprint density at radius 1 is 1.12 bits per heavy atom. The molecular formula is C26H40N4O2. The van der Waals surface area contributed by atoms with Gasteiger partial charge < -0.3 is 20.3 Å². The lowest BCUT2D eigenvalue weighted by Crippen LogP contribution is -2.45. The van der Waals surface area contributed by atoms with Crippen molar-refractivity contribution in [2.75, 3.05) is 32.8 Å². The molecule has 3 aliphatic rings. The number of ether oxygens (including phenoxy) is 1. The quantitative estimate of drug-likeness (QED) is 0.522. The number of guanidine groups is 1. The molecule has 2 N–H and O–H groups in total. The first-order valence-electron chi connectivity index (χ1n) is 12.7. The maximum Gasteiger partial charge on any atom is 0.225 e. The van der Waals surface area contributed by atoms with Crippen molar-refractivity contribution in [1.82, 2.24) is 15.5 Å². The van der Waals surface area contributed by atoms with Gasteiger partial charge in [-0.25, -0.2) is 0 Å². The number of aryl methyl sites for hydroxylation is 1. The molecule has 1 saturated carbocycles. The van der Waals surface area contributed by atoms with Crippen molar-refractivity contribution >= 4 is 11.9 Å². The van der Waals surface area contributed by atoms with E-state index in [1.807, 2.05) is 0 Å². The Labute approximate surface area is 193 Å². The Morgan fingerprint density at radius 2 is 1.91 bits per heavy atom. The molecule has 176 valence electrons. The molecule has 0 bridgehead atoms. The van der Waals surface area contributed by atoms with Gasteiger partial charge >= 0.3 is 0 Å². The highest BCUT2D eigenvalue weighted by atomic mass is 16.5. The number of hydrogen-bond acceptors (Lipinski definition) is 3. The molecule has 0 spiro atoms. The maximum absolute atomic E-state index is 12.8. The second-order valence-electron chi connectivity index (χ2n) is 9.72. The molecule has 6 nitrogen and oxygen atoms in total. The molecule has 3 unspecified atom stereocenters. The first-order chi connectivity index (χ1) is 15.6. The topological polar surface area (TPSA) is 66.0 Å². The number of aliphatic imine (C=N–C) groups is 1. The molecule has 3 fully saturated rings. The van der Waals surface area contributed by atoms with Gasteiger partial charge in [0.25, 0.3) is 0 Å². The Morgan fingerprint density at radius 3 is 2.66 bits per heavy atom. The second-order valence-corrected chi connectivity index (χ2v) is 9.72. The predicted molar refractivity (Wildman–Crippen MR) is 129 cm³/mol. The Bertz CT molecular complexity index is 773. The first-order valence-corrected chi connectivity index (χ1v) is 12.7. The van der Waals surface area contributed by atoms with E-state index >= 15 is 0 Å². The van der Waals surface area contributed by atoms with E-state index in [4.69, 9.17) is 9.73 Å². The summed E-state index contributed by atoms with van der Waals surface area (Å²) in [6.07, 6.45) is 7.88. The van der Waals surface area contributed by atoms with Crippen molar-refractivity contribution < 1.29 is 9.53 Å². The zero-order chi connectivity index (χ0) is 22.3. The number of likely N-dealkylation sites (tertiary alicyclic amines) is 1. The summed E-state index contributed by atoms with van der Waals surface area (Å²) in [7, 11) is 0. The molecule has 0 radical (unpaired) electrons. The predicted octanol–water partition coefficient (Wildman–Crippen LogP) is 3.81. The molecule has 1 amide bonds. The molecule has 4 rings (SSSR count). The van der Waals surface area contributed by atoms with Gasteiger partial charge in [-0.15, -0.1) is 0 Å². The zero-order valence-corrected chi connectivity index (χ0v) is 19.8. The highest BCUT2D eigenvalue weighted by molar-refractivity contribution is 5.81. The summed E-state index contributed by atoms with van der Waals surface area (Å²) in [4.78, 5) is 19.8. The summed E-state index contributed by atoms with van der Waals surface area (Å²) in [5.41, 5.74) is 2.53. The molecule has 1 aromatic rings. The third kappa shape index (κ3) is 5.83. The zero-order valence-electron chi connectivity index (χ0n) is 19.8. The van der Waals surface area contributed by atoms with Crippen LogP contribution in [0.4, 0.5) is 0 Å². The van der Waals surface area contributed by atoms with Crippen molar-refractivity contribution in [3.05, 3.63) is 35.4 Å². The largest absolute Gasteiger partial charge is 0.373 e. The van der Waals surface area contributed by atoms with Crippen LogP contribution in [-0.2, 0) is 9.53 Å². The molecule has 2 aliphatic heterocycles. The van der Waals surface area contributed by atoms with Crippen LogP contribution in [0, 0.1) is 18.8 Å². The van der Waals surface area contributed by atoms with E-state index in [1.54, 1.807) is 0 Å². The molecule has 3 atom stereocenters. The lowest BCUT2D eigenvalue weighted by atomic mass is 9.89. The van der Waals surface area contributed by atoms with Gasteiger partial charge in [0, 0.05) is 50.7 Å². The Kier molecular flexibility index (Phi) is 8.06. The number of amides is 1. The van der Waals surface area contributed by atoms with Gasteiger partial charge in [-0.2, -0.15) is 0 Å². The van der Waals surface area contributed by atoms with Crippen LogP contribution in [0.1, 0.15) is 69.1 Å². The minimum Gasteiger partial charge on any atom is -0.373 e. The van der Waals surface area contributed by atoms with Gasteiger partial charge in [0.1, 0.15) is 0 Å². The summed E-state index contributed by atoms with van der Waals surface area (Å²) in [6, 6.07) is 8.99. The average molecular weight is 441 g/mol. The maximum atomic E-state index is 12.8. The SMILES string of the molecule is CCNC(=NCC1CCCOC1c1ccc(C)cc1)NC1CCN(C(=O)C2CCCC2)C1. The minimum atomic E-state index is 0.113. The van der Waals surface area contributed by atoms with Crippen LogP contribution in [0.5, 0.6) is 0 Å². The fourth-order valence-corrected chi connectivity index (χ4v) is 5.39. The number of carbonyl (C=O) groups excluding carboxylic acids is 1. The van der Waals surface area contributed by atoms with Crippen molar-refractivity contribution in [2.45, 2.75) is 70.9 Å². The molecule has 1 aromatic carbocycles. The molecule has 2 saturated heterocycles. The minimum absolute atomic E-state index is 0.113. The standard InChI is InChI=1S/C26H40N4O2/c1-3-27-26(29-23-14-15-30(18-23)25(31)21-7-4-5-8-21)28-17-22-9-6-16-32-24(22)20-12-10-19(2)11-13-20/h10-13,21-24H,3-9,14-18H2,1-2H3,(H2,27,28,29). The number of carbonyl (C=O) groups is 1. The smallest absolute Gasteiger partial charge is 0.225 e. The lowest BCUT2D eigenvalue weighted by Gasteiger charge is -2.31. The summed E-state index contributed by atoms with van der Waals surface area (Å²) in [5, 5.41) is 7.00. The van der Waals surface area contributed by atoms with Gasteiger partial charge in [-0.05, 0) is 51.5 Å². The highest BCUT2D eigenvalue weighted by Crippen LogP contribution is 2.34. The van der Waals surface area contributed by atoms with E-state index in [2.05, 4.69) is 53.6 Å². The van der Waals surface area contributed by atoms with Gasteiger partial charge in [-0.1, -0.05) is 42.7 Å². The fraction of sp³-hybridized carbons (Fsp3) is 0.692. The number of rotatable bonds is 6. The van der Waals surface area contributed by atoms with E-state index in [0.29, 0.717) is 11.8 Å². The fourth-order valence-electron chi connectivity index (χ4n) is 5.39. The van der Waals surface area contributed by atoms with Gasteiger partial charge in [0.2, 0.25) is 5.91 Å². The van der Waals surface area contributed by atoms with Gasteiger partial charge in [-0.3, -0.25) is 9.79 Å². The van der Waals surface area contributed by atoms with Crippen LogP contribution in [0.2, 0.25) is 0 Å². The summed E-state index contributed by atoms with van der Waals surface area (Å²) in [6.45, 7) is 8.26. The number of nitrogens with one attached hydrogen (secondary N) is 2. The van der Waals surface area contributed by atoms with Gasteiger partial charge in [0.15, 0.2) is 5.96 Å². The Hall–Kier alpha value is -2.08. The van der Waals surface area contributed by atoms with Crippen molar-refractivity contribution in [3.63, 3.8) is 0 Å². The third-order valence-electron chi connectivity index (χ3n) is 7.22. The van der Waals surface area contributed by atoms with E-state index in [1.165, 1.54) is 24.0 Å². The summed E-state index contributed by atoms with van der Waals surface area (Å²) < 4.78 is 6.18. The molecule has 6 heteroatoms. The summed E-state index contributed by atoms with van der Waals surface area (Å²) >= 11 is 0. The number of nitrogens with zero attached hydrogens (tertiary/aromatic N) is 2. The molecule has 32 heavy (non-hydrogen) atoms. The van der Waals surface area contributed by atoms with E-state index in [-0.39, 0.29) is 18.1 Å². The van der Waals surface area contributed by atoms with E-state index in [0.717, 1.165) is 70.8 Å². The van der Waals surface area contributed by atoms with E-state index < -0.39 is 0 Å². The summed E-state index contributed by atoms with van der Waals surface area (Å²) in [5.74, 6) is 1.88. The van der Waals surface area contributed by atoms with E-state index in [9.17, 15) is 4.79 Å². The van der Waals surface area contributed by atoms with Crippen LogP contribution in [0.25, 0.3) is 0 Å². The Balaban J connectivity index is 1.35. The first kappa shape index (κ1) is 23.1. The monoisotopic (exact) mass is 440 g/mol. The number of hydrogen-bond donors (Lipinski definition) is 2. The van der Waals surface area contributed by atoms with Crippen LogP contribution >= 0.6 is 0 Å². The molecule has 0 aromatic heterocycles. The van der Waals surface area contributed by atoms with Crippen LogP contribution in [0.3, 0.4) is 0 Å². The van der Waals surface area contributed by atoms with Crippen molar-refractivity contribution in [3.8, 4) is 0 Å². The molecule has 1 aliphatic carbocycles. The van der Waals surface area contributed by atoms with Crippen LogP contribution < -0.4 is 10.6 Å². The number of benzene rings is 1. The van der Waals surface area contributed by atoms with Crippen LogP contribution in [0.15, 0.2) is 29.3 Å².